The van der Waals surface area contributed by atoms with Gasteiger partial charge in [-0.15, -0.1) is 0 Å². The van der Waals surface area contributed by atoms with Gasteiger partial charge in [-0.25, -0.2) is 0 Å². The van der Waals surface area contributed by atoms with Crippen LogP contribution in [0.25, 0.3) is 0 Å². The van der Waals surface area contributed by atoms with Crippen molar-refractivity contribution < 1.29 is 14.4 Å². The van der Waals surface area contributed by atoms with Crippen LogP contribution >= 0.6 is 0 Å². The second kappa shape index (κ2) is 10.7. The number of benzene rings is 2. The lowest BCUT2D eigenvalue weighted by Gasteiger charge is -2.23. The van der Waals surface area contributed by atoms with E-state index in [4.69, 9.17) is 0 Å². The molecule has 0 aromatic heterocycles. The summed E-state index contributed by atoms with van der Waals surface area (Å²) >= 11 is 0. The fraction of sp³-hybridized carbons (Fsp3) is 0.375. The number of rotatable bonds is 6. The number of carbonyl (C=O) groups excluding carboxylic acids is 3. The maximum atomic E-state index is 12.8. The van der Waals surface area contributed by atoms with Crippen LogP contribution in [0.4, 0.5) is 0 Å². The van der Waals surface area contributed by atoms with Gasteiger partial charge in [0.25, 0.3) is 5.91 Å². The largest absolute Gasteiger partial charge is 0.357 e. The average molecular weight is 423 g/mol. The van der Waals surface area contributed by atoms with Crippen LogP contribution in [0.1, 0.15) is 33.9 Å². The molecule has 0 saturated carbocycles. The first kappa shape index (κ1) is 22.5. The smallest absolute Gasteiger partial charge is 0.253 e. The molecule has 3 amide bonds. The molecule has 0 radical (unpaired) electrons. The molecule has 0 bridgehead atoms. The topological polar surface area (TPSA) is 81.8 Å². The van der Waals surface area contributed by atoms with Crippen LogP contribution in [0.3, 0.4) is 0 Å². The van der Waals surface area contributed by atoms with Gasteiger partial charge in [-0.3, -0.25) is 19.3 Å². The van der Waals surface area contributed by atoms with Gasteiger partial charge >= 0.3 is 0 Å². The van der Waals surface area contributed by atoms with Crippen LogP contribution in [0.2, 0.25) is 0 Å². The molecular weight excluding hydrogens is 392 g/mol. The molecule has 1 aliphatic rings. The summed E-state index contributed by atoms with van der Waals surface area (Å²) in [5, 5.41) is 5.45. The van der Waals surface area contributed by atoms with Crippen LogP contribution in [0.5, 0.6) is 0 Å². The maximum Gasteiger partial charge on any atom is 0.253 e. The summed E-state index contributed by atoms with van der Waals surface area (Å²) in [6, 6.07) is 16.1. The molecule has 0 spiro atoms. The standard InChI is InChI=1S/C24H30N4O3/c1-18-8-6-11-20(16-18)24(31)28-13-7-12-27(14-15-28)17-21(29)26-22(23(30)25-2)19-9-4-3-5-10-19/h3-6,8-11,16,22H,7,12-15,17H2,1-2H3,(H,25,30)(H,26,29). The van der Waals surface area contributed by atoms with Crippen molar-refractivity contribution in [3.8, 4) is 0 Å². The Bertz CT molecular complexity index is 916. The second-order valence-electron chi connectivity index (χ2n) is 7.82. The SMILES string of the molecule is CNC(=O)C(NC(=O)CN1CCCN(C(=O)c2cccc(C)c2)CC1)c1ccccc1. The van der Waals surface area contributed by atoms with Gasteiger partial charge in [0.2, 0.25) is 11.8 Å². The lowest BCUT2D eigenvalue weighted by Crippen LogP contribution is -2.44. The summed E-state index contributed by atoms with van der Waals surface area (Å²) in [6.07, 6.45) is 0.794. The number of hydrogen-bond donors (Lipinski definition) is 2. The molecule has 3 rings (SSSR count). The van der Waals surface area contributed by atoms with Gasteiger partial charge in [0.15, 0.2) is 0 Å². The fourth-order valence-electron chi connectivity index (χ4n) is 3.79. The minimum absolute atomic E-state index is 0.0266. The van der Waals surface area contributed by atoms with E-state index in [1.807, 2.05) is 71.3 Å². The Morgan fingerprint density at radius 3 is 2.45 bits per heavy atom. The molecule has 1 aliphatic heterocycles. The second-order valence-corrected chi connectivity index (χ2v) is 7.82. The fourth-order valence-corrected chi connectivity index (χ4v) is 3.79. The predicted octanol–water partition coefficient (Wildman–Crippen LogP) is 1.75. The molecule has 31 heavy (non-hydrogen) atoms. The van der Waals surface area contributed by atoms with Crippen LogP contribution < -0.4 is 10.6 Å². The Labute approximate surface area is 183 Å². The first-order valence-corrected chi connectivity index (χ1v) is 10.6. The first-order valence-electron chi connectivity index (χ1n) is 10.6. The predicted molar refractivity (Wildman–Crippen MR) is 120 cm³/mol. The summed E-state index contributed by atoms with van der Waals surface area (Å²) in [5.41, 5.74) is 2.49. The van der Waals surface area contributed by atoms with E-state index in [0.717, 1.165) is 24.1 Å². The van der Waals surface area contributed by atoms with Crippen molar-refractivity contribution in [2.75, 3.05) is 39.8 Å². The molecule has 7 nitrogen and oxygen atoms in total. The van der Waals surface area contributed by atoms with Crippen molar-refractivity contribution in [1.29, 1.82) is 0 Å². The van der Waals surface area contributed by atoms with Crippen LogP contribution in [-0.4, -0.2) is 67.3 Å². The van der Waals surface area contributed by atoms with E-state index in [9.17, 15) is 14.4 Å². The van der Waals surface area contributed by atoms with Crippen LogP contribution in [0, 0.1) is 6.92 Å². The lowest BCUT2D eigenvalue weighted by atomic mass is 10.1. The molecule has 7 heteroatoms. The highest BCUT2D eigenvalue weighted by atomic mass is 16.2. The Hall–Kier alpha value is -3.19. The molecule has 2 N–H and O–H groups in total. The monoisotopic (exact) mass is 422 g/mol. The molecule has 1 fully saturated rings. The van der Waals surface area contributed by atoms with E-state index in [2.05, 4.69) is 10.6 Å². The van der Waals surface area contributed by atoms with Gasteiger partial charge in [0.1, 0.15) is 6.04 Å². The van der Waals surface area contributed by atoms with Gasteiger partial charge in [-0.2, -0.15) is 0 Å². The third kappa shape index (κ3) is 6.15. The van der Waals surface area contributed by atoms with Crippen LogP contribution in [-0.2, 0) is 9.59 Å². The van der Waals surface area contributed by atoms with Crippen LogP contribution in [0.15, 0.2) is 54.6 Å². The Morgan fingerprint density at radius 1 is 0.968 bits per heavy atom. The van der Waals surface area contributed by atoms with Gasteiger partial charge < -0.3 is 15.5 Å². The Kier molecular flexibility index (Phi) is 7.78. The molecule has 2 aromatic rings. The van der Waals surface area contributed by atoms with Crippen molar-refractivity contribution in [2.45, 2.75) is 19.4 Å². The maximum absolute atomic E-state index is 12.8. The number of amides is 3. The van der Waals surface area contributed by atoms with Gasteiger partial charge in [-0.05, 0) is 31.0 Å². The summed E-state index contributed by atoms with van der Waals surface area (Å²) in [5.74, 6) is -0.444. The molecule has 2 aromatic carbocycles. The van der Waals surface area contributed by atoms with Crippen molar-refractivity contribution >= 4 is 17.7 Å². The van der Waals surface area contributed by atoms with E-state index >= 15 is 0 Å². The Balaban J connectivity index is 1.57. The number of likely N-dealkylation sites (N-methyl/N-ethyl adjacent to an activating group) is 1. The molecular formula is C24H30N4O3. The molecule has 0 aliphatic carbocycles. The molecule has 1 heterocycles. The van der Waals surface area contributed by atoms with Gasteiger partial charge in [0.05, 0.1) is 6.54 Å². The van der Waals surface area contributed by atoms with E-state index in [1.54, 1.807) is 7.05 Å². The lowest BCUT2D eigenvalue weighted by molar-refractivity contribution is -0.129. The number of aryl methyl sites for hydroxylation is 1. The minimum atomic E-state index is -0.731. The quantitative estimate of drug-likeness (QED) is 0.743. The molecule has 1 saturated heterocycles. The van der Waals surface area contributed by atoms with Crippen molar-refractivity contribution in [3.05, 3.63) is 71.3 Å². The molecule has 1 unspecified atom stereocenters. The third-order valence-electron chi connectivity index (χ3n) is 5.45. The summed E-state index contributed by atoms with van der Waals surface area (Å²) in [7, 11) is 1.55. The zero-order valence-electron chi connectivity index (χ0n) is 18.1. The minimum Gasteiger partial charge on any atom is -0.357 e. The molecule has 1 atom stereocenters. The van der Waals surface area contributed by atoms with E-state index in [-0.39, 0.29) is 24.3 Å². The number of hydrogen-bond acceptors (Lipinski definition) is 4. The molecule has 164 valence electrons. The summed E-state index contributed by atoms with van der Waals surface area (Å²) < 4.78 is 0. The zero-order valence-corrected chi connectivity index (χ0v) is 18.1. The number of carbonyl (C=O) groups is 3. The van der Waals surface area contributed by atoms with Crippen molar-refractivity contribution in [1.82, 2.24) is 20.4 Å². The van der Waals surface area contributed by atoms with Gasteiger partial charge in [0, 0.05) is 38.8 Å². The zero-order chi connectivity index (χ0) is 22.2. The normalized spacial score (nSPS) is 15.6. The Morgan fingerprint density at radius 2 is 1.74 bits per heavy atom. The summed E-state index contributed by atoms with van der Waals surface area (Å²) in [4.78, 5) is 41.7. The van der Waals surface area contributed by atoms with E-state index in [1.165, 1.54) is 0 Å². The first-order chi connectivity index (χ1) is 15.0. The van der Waals surface area contributed by atoms with Crippen molar-refractivity contribution in [2.24, 2.45) is 0 Å². The third-order valence-corrected chi connectivity index (χ3v) is 5.45. The van der Waals surface area contributed by atoms with E-state index < -0.39 is 6.04 Å². The highest BCUT2D eigenvalue weighted by molar-refractivity contribution is 5.94. The number of nitrogens with one attached hydrogen (secondary N) is 2. The van der Waals surface area contributed by atoms with Gasteiger partial charge in [-0.1, -0.05) is 48.0 Å². The summed E-state index contributed by atoms with van der Waals surface area (Å²) in [6.45, 7) is 4.73. The van der Waals surface area contributed by atoms with E-state index in [0.29, 0.717) is 25.2 Å². The van der Waals surface area contributed by atoms with Crippen molar-refractivity contribution in [3.63, 3.8) is 0 Å². The highest BCUT2D eigenvalue weighted by Gasteiger charge is 2.25. The highest BCUT2D eigenvalue weighted by Crippen LogP contribution is 2.14. The average Bonchev–Trinajstić information content (AvgIpc) is 3.02. The number of nitrogens with zero attached hydrogens (tertiary/aromatic N) is 2.